The number of hydrogen-bond acceptors (Lipinski definition) is 3. The summed E-state index contributed by atoms with van der Waals surface area (Å²) in [6, 6.07) is 10.9. The minimum Gasteiger partial charge on any atom is -0.326 e. The van der Waals surface area contributed by atoms with E-state index in [2.05, 4.69) is 0 Å². The predicted octanol–water partition coefficient (Wildman–Crippen LogP) is 2.42. The Kier molecular flexibility index (Phi) is 4.29. The Morgan fingerprint density at radius 3 is 2.29 bits per heavy atom. The monoisotopic (exact) mass is 308 g/mol. The molecule has 0 saturated carbocycles. The lowest BCUT2D eigenvalue weighted by atomic mass is 10.2. The number of hydrogen-bond donors (Lipinski definition) is 1. The molecule has 0 radical (unpaired) electrons. The highest BCUT2D eigenvalue weighted by Crippen LogP contribution is 2.24. The molecule has 0 aliphatic heterocycles. The summed E-state index contributed by atoms with van der Waals surface area (Å²) in [5.41, 5.74) is 7.45. The summed E-state index contributed by atoms with van der Waals surface area (Å²) in [5.74, 6) is -0.795. The van der Waals surface area contributed by atoms with Crippen molar-refractivity contribution in [3.8, 4) is 0 Å². The number of aryl methyl sites for hydroxylation is 1. The van der Waals surface area contributed by atoms with Crippen molar-refractivity contribution in [1.29, 1.82) is 0 Å². The minimum atomic E-state index is -3.94. The molecule has 21 heavy (non-hydrogen) atoms. The highest BCUT2D eigenvalue weighted by atomic mass is 32.2. The average Bonchev–Trinajstić information content (AvgIpc) is 2.46. The fourth-order valence-electron chi connectivity index (χ4n) is 1.92. The Bertz CT molecular complexity index is 743. The molecule has 6 heteroatoms. The lowest BCUT2D eigenvalue weighted by Crippen LogP contribution is -2.27. The molecular weight excluding hydrogens is 291 g/mol. The van der Waals surface area contributed by atoms with Crippen molar-refractivity contribution in [2.45, 2.75) is 18.4 Å². The van der Waals surface area contributed by atoms with E-state index in [0.717, 1.165) is 15.9 Å². The van der Waals surface area contributed by atoms with Gasteiger partial charge in [-0.25, -0.2) is 12.8 Å². The summed E-state index contributed by atoms with van der Waals surface area (Å²) >= 11 is 0. The summed E-state index contributed by atoms with van der Waals surface area (Å²) in [7, 11) is -2.54. The van der Waals surface area contributed by atoms with E-state index < -0.39 is 15.8 Å². The standard InChI is InChI=1S/C15H17FN2O2S/c1-11-3-6-13(7-4-11)18(2)21(19,20)15-8-5-12(10-17)9-14(15)16/h3-9H,10,17H2,1-2H3. The van der Waals surface area contributed by atoms with Gasteiger partial charge >= 0.3 is 0 Å². The first kappa shape index (κ1) is 15.5. The van der Waals surface area contributed by atoms with Crippen molar-refractivity contribution in [3.63, 3.8) is 0 Å². The Morgan fingerprint density at radius 2 is 1.76 bits per heavy atom. The van der Waals surface area contributed by atoms with Gasteiger partial charge in [-0.15, -0.1) is 0 Å². The second-order valence-corrected chi connectivity index (χ2v) is 6.71. The lowest BCUT2D eigenvalue weighted by molar-refractivity contribution is 0.564. The first-order valence-corrected chi connectivity index (χ1v) is 7.84. The third-order valence-corrected chi connectivity index (χ3v) is 5.09. The van der Waals surface area contributed by atoms with Crippen LogP contribution in [0.5, 0.6) is 0 Å². The largest absolute Gasteiger partial charge is 0.326 e. The van der Waals surface area contributed by atoms with Gasteiger partial charge < -0.3 is 5.73 Å². The molecule has 0 heterocycles. The Balaban J connectivity index is 2.44. The van der Waals surface area contributed by atoms with Crippen LogP contribution in [-0.2, 0) is 16.6 Å². The SMILES string of the molecule is Cc1ccc(N(C)S(=O)(=O)c2ccc(CN)cc2F)cc1. The molecule has 2 N–H and O–H groups in total. The number of rotatable bonds is 4. The predicted molar refractivity (Wildman–Crippen MR) is 81.1 cm³/mol. The van der Waals surface area contributed by atoms with Crippen LogP contribution in [0.3, 0.4) is 0 Å². The van der Waals surface area contributed by atoms with Gasteiger partial charge in [-0.3, -0.25) is 4.31 Å². The Morgan fingerprint density at radius 1 is 1.14 bits per heavy atom. The molecule has 0 saturated heterocycles. The van der Waals surface area contributed by atoms with Crippen molar-refractivity contribution >= 4 is 15.7 Å². The topological polar surface area (TPSA) is 63.4 Å². The van der Waals surface area contributed by atoms with Crippen LogP contribution in [0, 0.1) is 12.7 Å². The van der Waals surface area contributed by atoms with Crippen LogP contribution in [0.15, 0.2) is 47.4 Å². The summed E-state index contributed by atoms with van der Waals surface area (Å²) in [4.78, 5) is -0.359. The summed E-state index contributed by atoms with van der Waals surface area (Å²) in [6.45, 7) is 2.06. The first-order chi connectivity index (χ1) is 9.86. The van der Waals surface area contributed by atoms with E-state index in [9.17, 15) is 12.8 Å². The molecule has 4 nitrogen and oxygen atoms in total. The van der Waals surface area contributed by atoms with Crippen molar-refractivity contribution in [3.05, 3.63) is 59.4 Å². The highest BCUT2D eigenvalue weighted by molar-refractivity contribution is 7.92. The van der Waals surface area contributed by atoms with Crippen LogP contribution in [-0.4, -0.2) is 15.5 Å². The molecule has 0 aromatic heterocycles. The zero-order valence-corrected chi connectivity index (χ0v) is 12.7. The van der Waals surface area contributed by atoms with E-state index in [-0.39, 0.29) is 11.4 Å². The van der Waals surface area contributed by atoms with E-state index in [1.165, 1.54) is 19.2 Å². The van der Waals surface area contributed by atoms with E-state index in [4.69, 9.17) is 5.73 Å². The zero-order valence-electron chi connectivity index (χ0n) is 11.9. The van der Waals surface area contributed by atoms with Crippen molar-refractivity contribution in [1.82, 2.24) is 0 Å². The number of sulfonamides is 1. The molecule has 0 atom stereocenters. The lowest BCUT2D eigenvalue weighted by Gasteiger charge is -2.20. The summed E-state index contributed by atoms with van der Waals surface area (Å²) in [5, 5.41) is 0. The van der Waals surface area contributed by atoms with Gasteiger partial charge in [-0.2, -0.15) is 0 Å². The van der Waals surface area contributed by atoms with E-state index in [0.29, 0.717) is 11.3 Å². The van der Waals surface area contributed by atoms with Crippen LogP contribution < -0.4 is 10.0 Å². The molecule has 0 spiro atoms. The maximum Gasteiger partial charge on any atom is 0.266 e. The molecule has 0 bridgehead atoms. The maximum absolute atomic E-state index is 14.0. The number of anilines is 1. The summed E-state index contributed by atoms with van der Waals surface area (Å²) < 4.78 is 40.1. The minimum absolute atomic E-state index is 0.158. The fraction of sp³-hybridized carbons (Fsp3) is 0.200. The Hall–Kier alpha value is -1.92. The smallest absolute Gasteiger partial charge is 0.266 e. The third kappa shape index (κ3) is 3.06. The van der Waals surface area contributed by atoms with E-state index >= 15 is 0 Å². The van der Waals surface area contributed by atoms with Crippen molar-refractivity contribution in [2.75, 3.05) is 11.4 Å². The third-order valence-electron chi connectivity index (χ3n) is 3.27. The van der Waals surface area contributed by atoms with Gasteiger partial charge in [0.15, 0.2) is 0 Å². The van der Waals surface area contributed by atoms with Crippen LogP contribution in [0.25, 0.3) is 0 Å². The van der Waals surface area contributed by atoms with Crippen molar-refractivity contribution in [2.24, 2.45) is 5.73 Å². The van der Waals surface area contributed by atoms with Gasteiger partial charge in [0.05, 0.1) is 5.69 Å². The quantitative estimate of drug-likeness (QED) is 0.943. The molecule has 0 fully saturated rings. The maximum atomic E-state index is 14.0. The Labute approximate surface area is 124 Å². The molecule has 2 aromatic rings. The normalized spacial score (nSPS) is 11.4. The molecule has 0 aliphatic rings. The van der Waals surface area contributed by atoms with Crippen LogP contribution in [0.4, 0.5) is 10.1 Å². The summed E-state index contributed by atoms with van der Waals surface area (Å²) in [6.07, 6.45) is 0. The zero-order chi connectivity index (χ0) is 15.6. The number of halogens is 1. The highest BCUT2D eigenvalue weighted by Gasteiger charge is 2.24. The van der Waals surface area contributed by atoms with Gasteiger partial charge in [-0.05, 0) is 36.8 Å². The molecule has 112 valence electrons. The van der Waals surface area contributed by atoms with Gasteiger partial charge in [-0.1, -0.05) is 23.8 Å². The first-order valence-electron chi connectivity index (χ1n) is 6.40. The number of nitrogens with zero attached hydrogens (tertiary/aromatic N) is 1. The van der Waals surface area contributed by atoms with Gasteiger partial charge in [0, 0.05) is 13.6 Å². The van der Waals surface area contributed by atoms with E-state index in [1.807, 2.05) is 6.92 Å². The van der Waals surface area contributed by atoms with Gasteiger partial charge in [0.25, 0.3) is 10.0 Å². The molecule has 0 unspecified atom stereocenters. The van der Waals surface area contributed by atoms with Crippen LogP contribution in [0.1, 0.15) is 11.1 Å². The van der Waals surface area contributed by atoms with Crippen LogP contribution in [0.2, 0.25) is 0 Å². The molecule has 2 rings (SSSR count). The van der Waals surface area contributed by atoms with Gasteiger partial charge in [0.1, 0.15) is 10.7 Å². The number of nitrogens with two attached hydrogens (primary N) is 1. The van der Waals surface area contributed by atoms with E-state index in [1.54, 1.807) is 24.3 Å². The average molecular weight is 308 g/mol. The van der Waals surface area contributed by atoms with Crippen LogP contribution >= 0.6 is 0 Å². The second-order valence-electron chi connectivity index (χ2n) is 4.78. The van der Waals surface area contributed by atoms with Crippen molar-refractivity contribution < 1.29 is 12.8 Å². The molecule has 0 amide bonds. The number of benzene rings is 2. The molecule has 0 aliphatic carbocycles. The second kappa shape index (κ2) is 5.83. The van der Waals surface area contributed by atoms with Gasteiger partial charge in [0.2, 0.25) is 0 Å². The fourth-order valence-corrected chi connectivity index (χ4v) is 3.16. The molecular formula is C15H17FN2O2S. The molecule has 2 aromatic carbocycles.